The number of benzene rings is 1. The van der Waals surface area contributed by atoms with Gasteiger partial charge in [0, 0.05) is 24.8 Å². The third kappa shape index (κ3) is 5.56. The maximum atomic E-state index is 12.0. The van der Waals surface area contributed by atoms with E-state index < -0.39 is 18.0 Å². The fraction of sp³-hybridized carbons (Fsp3) is 0.529. The monoisotopic (exact) mass is 321 g/mol. The molecule has 1 N–H and O–H groups in total. The molecule has 1 aromatic carbocycles. The van der Waals surface area contributed by atoms with E-state index in [4.69, 9.17) is 14.2 Å². The zero-order valence-electron chi connectivity index (χ0n) is 13.3. The average Bonchev–Trinajstić information content (AvgIpc) is 3.08. The van der Waals surface area contributed by atoms with Gasteiger partial charge in [-0.15, -0.1) is 0 Å². The Balaban J connectivity index is 1.80. The van der Waals surface area contributed by atoms with Crippen LogP contribution in [0.2, 0.25) is 0 Å². The van der Waals surface area contributed by atoms with Crippen molar-refractivity contribution in [3.63, 3.8) is 0 Å². The van der Waals surface area contributed by atoms with Crippen LogP contribution < -0.4 is 5.32 Å². The zero-order valence-corrected chi connectivity index (χ0v) is 13.3. The predicted molar refractivity (Wildman–Crippen MR) is 85.0 cm³/mol. The molecule has 126 valence electrons. The molecule has 0 amide bonds. The minimum absolute atomic E-state index is 0.125. The molecule has 1 saturated heterocycles. The third-order valence-corrected chi connectivity index (χ3v) is 3.60. The molecule has 1 fully saturated rings. The lowest BCUT2D eigenvalue weighted by atomic mass is 10.0. The van der Waals surface area contributed by atoms with Crippen LogP contribution in [0.5, 0.6) is 0 Å². The third-order valence-electron chi connectivity index (χ3n) is 3.60. The minimum Gasteiger partial charge on any atom is -0.463 e. The van der Waals surface area contributed by atoms with Gasteiger partial charge in [0.25, 0.3) is 0 Å². The fourth-order valence-corrected chi connectivity index (χ4v) is 2.42. The van der Waals surface area contributed by atoms with Crippen molar-refractivity contribution in [3.8, 4) is 0 Å². The highest BCUT2D eigenvalue weighted by atomic mass is 16.6. The van der Waals surface area contributed by atoms with Crippen molar-refractivity contribution in [1.29, 1.82) is 0 Å². The molecule has 0 radical (unpaired) electrons. The second kappa shape index (κ2) is 9.15. The lowest BCUT2D eigenvalue weighted by Gasteiger charge is -2.21. The van der Waals surface area contributed by atoms with Gasteiger partial charge < -0.3 is 19.5 Å². The molecule has 0 saturated carbocycles. The second-order valence-electron chi connectivity index (χ2n) is 5.33. The summed E-state index contributed by atoms with van der Waals surface area (Å²) in [6.07, 6.45) is -0.00103. The molecule has 1 aliphatic rings. The first-order valence-electron chi connectivity index (χ1n) is 7.93. The molecule has 2 atom stereocenters. The molecular weight excluding hydrogens is 298 g/mol. The molecule has 1 aromatic rings. The normalized spacial score (nSPS) is 18.2. The quantitative estimate of drug-likeness (QED) is 0.738. The van der Waals surface area contributed by atoms with Gasteiger partial charge in [0.05, 0.1) is 19.6 Å². The molecular formula is C17H23NO5. The highest BCUT2D eigenvalue weighted by Gasteiger charge is 2.35. The highest BCUT2D eigenvalue weighted by molar-refractivity contribution is 5.80. The van der Waals surface area contributed by atoms with Gasteiger partial charge in [-0.3, -0.25) is 4.79 Å². The van der Waals surface area contributed by atoms with E-state index in [1.165, 1.54) is 0 Å². The number of carbonyl (C=O) groups excluding carboxylic acids is 2. The summed E-state index contributed by atoms with van der Waals surface area (Å²) in [5.41, 5.74) is 0.937. The van der Waals surface area contributed by atoms with Gasteiger partial charge in [0.1, 0.15) is 0 Å². The SMILES string of the molecule is CCOC(=O)[C@H](OC(=O)CCNc1ccccc1)[C@H]1CCOC1. The van der Waals surface area contributed by atoms with Gasteiger partial charge in [-0.2, -0.15) is 0 Å². The first kappa shape index (κ1) is 17.3. The lowest BCUT2D eigenvalue weighted by molar-refractivity contribution is -0.171. The maximum Gasteiger partial charge on any atom is 0.347 e. The fourth-order valence-electron chi connectivity index (χ4n) is 2.42. The Morgan fingerprint density at radius 2 is 2.13 bits per heavy atom. The zero-order chi connectivity index (χ0) is 16.5. The van der Waals surface area contributed by atoms with Crippen LogP contribution in [0, 0.1) is 5.92 Å². The van der Waals surface area contributed by atoms with Crippen molar-refractivity contribution in [2.24, 2.45) is 5.92 Å². The molecule has 0 spiro atoms. The summed E-state index contributed by atoms with van der Waals surface area (Å²) < 4.78 is 15.6. The Kier molecular flexibility index (Phi) is 6.87. The molecule has 6 nitrogen and oxygen atoms in total. The predicted octanol–water partition coefficient (Wildman–Crippen LogP) is 2.00. The topological polar surface area (TPSA) is 73.9 Å². The second-order valence-corrected chi connectivity index (χ2v) is 5.33. The van der Waals surface area contributed by atoms with Gasteiger partial charge in [-0.05, 0) is 25.5 Å². The van der Waals surface area contributed by atoms with Crippen molar-refractivity contribution in [2.45, 2.75) is 25.9 Å². The summed E-state index contributed by atoms with van der Waals surface area (Å²) in [5, 5.41) is 3.13. The van der Waals surface area contributed by atoms with Gasteiger partial charge >= 0.3 is 11.9 Å². The minimum atomic E-state index is -0.873. The van der Waals surface area contributed by atoms with Crippen LogP contribution in [0.3, 0.4) is 0 Å². The van der Waals surface area contributed by atoms with E-state index in [0.29, 0.717) is 26.2 Å². The number of nitrogens with one attached hydrogen (secondary N) is 1. The number of hydrogen-bond acceptors (Lipinski definition) is 6. The summed E-state index contributed by atoms with van der Waals surface area (Å²) in [7, 11) is 0. The molecule has 0 aromatic heterocycles. The Bertz CT molecular complexity index is 499. The van der Waals surface area contributed by atoms with Crippen molar-refractivity contribution in [3.05, 3.63) is 30.3 Å². The van der Waals surface area contributed by atoms with E-state index >= 15 is 0 Å². The largest absolute Gasteiger partial charge is 0.463 e. The number of para-hydroxylation sites is 1. The standard InChI is InChI=1S/C17H23NO5/c1-2-22-17(20)16(13-9-11-21-12-13)23-15(19)8-10-18-14-6-4-3-5-7-14/h3-7,13,16,18H,2,8-12H2,1H3/t13-,16+/m0/s1. The first-order chi connectivity index (χ1) is 11.2. The number of rotatable bonds is 8. The number of esters is 2. The Morgan fingerprint density at radius 3 is 2.78 bits per heavy atom. The van der Waals surface area contributed by atoms with E-state index in [2.05, 4.69) is 5.32 Å². The van der Waals surface area contributed by atoms with Crippen LogP contribution in [0.4, 0.5) is 5.69 Å². The Morgan fingerprint density at radius 1 is 1.35 bits per heavy atom. The van der Waals surface area contributed by atoms with E-state index in [1.807, 2.05) is 30.3 Å². The molecule has 0 unspecified atom stereocenters. The van der Waals surface area contributed by atoms with Crippen LogP contribution in [-0.2, 0) is 23.8 Å². The van der Waals surface area contributed by atoms with Gasteiger partial charge in [0.2, 0.25) is 6.10 Å². The number of carbonyl (C=O) groups is 2. The summed E-state index contributed by atoms with van der Waals surface area (Å²) in [6, 6.07) is 9.59. The van der Waals surface area contributed by atoms with E-state index in [-0.39, 0.29) is 18.9 Å². The van der Waals surface area contributed by atoms with E-state index in [9.17, 15) is 9.59 Å². The number of anilines is 1. The first-order valence-corrected chi connectivity index (χ1v) is 7.93. The number of hydrogen-bond donors (Lipinski definition) is 1. The average molecular weight is 321 g/mol. The van der Waals surface area contributed by atoms with Gasteiger partial charge in [0.15, 0.2) is 0 Å². The van der Waals surface area contributed by atoms with Crippen molar-refractivity contribution in [1.82, 2.24) is 0 Å². The van der Waals surface area contributed by atoms with Crippen molar-refractivity contribution in [2.75, 3.05) is 31.7 Å². The molecule has 23 heavy (non-hydrogen) atoms. The van der Waals surface area contributed by atoms with E-state index in [0.717, 1.165) is 5.69 Å². The highest BCUT2D eigenvalue weighted by Crippen LogP contribution is 2.21. The van der Waals surface area contributed by atoms with Crippen molar-refractivity contribution >= 4 is 17.6 Å². The van der Waals surface area contributed by atoms with Crippen LogP contribution in [-0.4, -0.2) is 44.4 Å². The van der Waals surface area contributed by atoms with Gasteiger partial charge in [-0.1, -0.05) is 18.2 Å². The molecule has 0 aliphatic carbocycles. The van der Waals surface area contributed by atoms with Crippen LogP contribution in [0.15, 0.2) is 30.3 Å². The number of ether oxygens (including phenoxy) is 3. The Labute approximate surface area is 136 Å². The molecule has 1 aliphatic heterocycles. The van der Waals surface area contributed by atoms with Gasteiger partial charge in [-0.25, -0.2) is 4.79 Å². The summed E-state index contributed by atoms with van der Waals surface area (Å²) >= 11 is 0. The molecule has 2 rings (SSSR count). The van der Waals surface area contributed by atoms with Crippen molar-refractivity contribution < 1.29 is 23.8 Å². The maximum absolute atomic E-state index is 12.0. The lowest BCUT2D eigenvalue weighted by Crippen LogP contribution is -2.36. The smallest absolute Gasteiger partial charge is 0.347 e. The summed E-state index contributed by atoms with van der Waals surface area (Å²) in [6.45, 7) is 3.42. The Hall–Kier alpha value is -2.08. The summed E-state index contributed by atoms with van der Waals surface area (Å²) in [5.74, 6) is -1.04. The molecule has 0 bridgehead atoms. The summed E-state index contributed by atoms with van der Waals surface area (Å²) in [4.78, 5) is 24.0. The van der Waals surface area contributed by atoms with Crippen LogP contribution in [0.25, 0.3) is 0 Å². The molecule has 1 heterocycles. The van der Waals surface area contributed by atoms with Crippen LogP contribution in [0.1, 0.15) is 19.8 Å². The van der Waals surface area contributed by atoms with Crippen LogP contribution >= 0.6 is 0 Å². The molecule has 6 heteroatoms. The van der Waals surface area contributed by atoms with E-state index in [1.54, 1.807) is 6.92 Å².